The molecule has 0 fully saturated rings. The van der Waals surface area contributed by atoms with Crippen molar-refractivity contribution in [2.24, 2.45) is 0 Å². The second-order valence-corrected chi connectivity index (χ2v) is 12.3. The number of carbonyl (C=O) groups is 1. The molecule has 0 spiro atoms. The van der Waals surface area contributed by atoms with Gasteiger partial charge in [0.2, 0.25) is 0 Å². The highest BCUT2D eigenvalue weighted by Gasteiger charge is 2.02. The number of unbranched alkanes of at least 4 members (excludes halogenated alkanes) is 27. The van der Waals surface area contributed by atoms with Gasteiger partial charge in [0.25, 0.3) is 0 Å². The van der Waals surface area contributed by atoms with E-state index in [1.54, 1.807) is 0 Å². The van der Waals surface area contributed by atoms with Crippen LogP contribution in [-0.2, 0) is 4.79 Å². The molecule has 1 N–H and O–H groups in total. The first-order valence-electron chi connectivity index (χ1n) is 18.0. The minimum absolute atomic E-state index is 0.466. The van der Waals surface area contributed by atoms with Gasteiger partial charge in [-0.05, 0) is 19.4 Å². The summed E-state index contributed by atoms with van der Waals surface area (Å²) in [7, 11) is 0. The molecule has 228 valence electrons. The van der Waals surface area contributed by atoms with Gasteiger partial charge < -0.3 is 5.32 Å². The second kappa shape index (κ2) is 34.7. The van der Waals surface area contributed by atoms with Crippen LogP contribution in [0.5, 0.6) is 0 Å². The van der Waals surface area contributed by atoms with Crippen molar-refractivity contribution < 1.29 is 4.79 Å². The maximum absolute atomic E-state index is 12.1. The van der Waals surface area contributed by atoms with Gasteiger partial charge in [-0.3, -0.25) is 4.79 Å². The number of hydrogen-bond donors (Lipinski definition) is 1. The van der Waals surface area contributed by atoms with E-state index in [9.17, 15) is 4.79 Å². The van der Waals surface area contributed by atoms with Gasteiger partial charge in [-0.1, -0.05) is 187 Å². The van der Waals surface area contributed by atoms with Crippen LogP contribution in [-0.4, -0.2) is 18.9 Å². The lowest BCUT2D eigenvalue weighted by atomic mass is 10.0. The monoisotopic (exact) mass is 536 g/mol. The molecule has 0 aromatic heterocycles. The summed E-state index contributed by atoms with van der Waals surface area (Å²) in [6.45, 7) is 6.56. The average molecular weight is 536 g/mol. The molecule has 0 unspecified atom stereocenters. The summed E-state index contributed by atoms with van der Waals surface area (Å²) < 4.78 is 0. The zero-order chi connectivity index (χ0) is 27.6. The summed E-state index contributed by atoms with van der Waals surface area (Å²) in [6, 6.07) is 0. The van der Waals surface area contributed by atoms with Crippen LogP contribution < -0.4 is 5.32 Å². The first-order valence-corrected chi connectivity index (χ1v) is 18.0. The van der Waals surface area contributed by atoms with E-state index < -0.39 is 0 Å². The molecule has 0 bridgehead atoms. The molecule has 0 saturated carbocycles. The Kier molecular flexibility index (Phi) is 34.3. The zero-order valence-corrected chi connectivity index (χ0v) is 26.7. The topological polar surface area (TPSA) is 29.1 Å². The van der Waals surface area contributed by atoms with Gasteiger partial charge in [0, 0.05) is 19.4 Å². The molecule has 0 saturated heterocycles. The van der Waals surface area contributed by atoms with Crippen LogP contribution >= 0.6 is 0 Å². The molecule has 0 aliphatic rings. The zero-order valence-electron chi connectivity index (χ0n) is 26.7. The molecule has 38 heavy (non-hydrogen) atoms. The number of nitrogens with one attached hydrogen (secondary N) is 1. The van der Waals surface area contributed by atoms with Crippen molar-refractivity contribution in [3.8, 4) is 0 Å². The van der Waals surface area contributed by atoms with Crippen molar-refractivity contribution in [2.75, 3.05) is 13.1 Å². The second-order valence-electron chi connectivity index (χ2n) is 12.3. The molecule has 0 atom stereocenters. The van der Waals surface area contributed by atoms with Crippen molar-refractivity contribution in [1.29, 1.82) is 0 Å². The Hall–Kier alpha value is -0.370. The molecule has 0 heterocycles. The lowest BCUT2D eigenvalue weighted by Crippen LogP contribution is -2.19. The van der Waals surface area contributed by atoms with Gasteiger partial charge in [-0.15, -0.1) is 0 Å². The number of ketones is 1. The van der Waals surface area contributed by atoms with Crippen molar-refractivity contribution in [1.82, 2.24) is 5.32 Å². The highest BCUT2D eigenvalue weighted by atomic mass is 16.1. The Morgan fingerprint density at radius 3 is 0.974 bits per heavy atom. The molecule has 0 aromatic carbocycles. The van der Waals surface area contributed by atoms with Crippen LogP contribution in [0.1, 0.15) is 213 Å². The predicted octanol–water partition coefficient (Wildman–Crippen LogP) is 12.3. The van der Waals surface area contributed by atoms with Gasteiger partial charge in [-0.25, -0.2) is 0 Å². The largest absolute Gasteiger partial charge is 0.316 e. The van der Waals surface area contributed by atoms with Gasteiger partial charge in [0.1, 0.15) is 5.78 Å². The fourth-order valence-electron chi connectivity index (χ4n) is 5.62. The smallest absolute Gasteiger partial charge is 0.134 e. The first kappa shape index (κ1) is 37.6. The Labute approximate surface area is 241 Å². The fraction of sp³-hybridized carbons (Fsp3) is 0.972. The van der Waals surface area contributed by atoms with Crippen molar-refractivity contribution in [3.63, 3.8) is 0 Å². The number of rotatable bonds is 34. The molecule has 0 amide bonds. The van der Waals surface area contributed by atoms with E-state index in [-0.39, 0.29) is 0 Å². The molecule has 2 nitrogen and oxygen atoms in total. The molecule has 0 rings (SSSR count). The SMILES string of the molecule is CCCCCCCCCCCCCCCCCC(=O)CCNCCCCCCCCCCCCCCCC. The van der Waals surface area contributed by atoms with Crippen LogP contribution in [0.25, 0.3) is 0 Å². The minimum atomic E-state index is 0.466. The maximum Gasteiger partial charge on any atom is 0.134 e. The minimum Gasteiger partial charge on any atom is -0.316 e. The van der Waals surface area contributed by atoms with E-state index in [2.05, 4.69) is 19.2 Å². The lowest BCUT2D eigenvalue weighted by molar-refractivity contribution is -0.119. The highest BCUT2D eigenvalue weighted by Crippen LogP contribution is 2.15. The third kappa shape index (κ3) is 33.7. The molecular weight excluding hydrogens is 462 g/mol. The van der Waals surface area contributed by atoms with Crippen LogP contribution in [0.4, 0.5) is 0 Å². The summed E-state index contributed by atoms with van der Waals surface area (Å²) in [4.78, 5) is 12.1. The van der Waals surface area contributed by atoms with Crippen molar-refractivity contribution in [2.45, 2.75) is 213 Å². The van der Waals surface area contributed by atoms with E-state index in [1.165, 1.54) is 180 Å². The summed E-state index contributed by atoms with van der Waals surface area (Å²) in [6.07, 6.45) is 42.1. The van der Waals surface area contributed by atoms with E-state index >= 15 is 0 Å². The number of hydrogen-bond acceptors (Lipinski definition) is 2. The van der Waals surface area contributed by atoms with E-state index in [0.29, 0.717) is 5.78 Å². The molecule has 0 aliphatic heterocycles. The van der Waals surface area contributed by atoms with Crippen molar-refractivity contribution in [3.05, 3.63) is 0 Å². The Bertz CT molecular complexity index is 435. The van der Waals surface area contributed by atoms with Crippen molar-refractivity contribution >= 4 is 5.78 Å². The molecule has 0 aliphatic carbocycles. The third-order valence-corrected chi connectivity index (χ3v) is 8.35. The van der Waals surface area contributed by atoms with Gasteiger partial charge in [0.05, 0.1) is 0 Å². The third-order valence-electron chi connectivity index (χ3n) is 8.35. The molecule has 2 heteroatoms. The van der Waals surface area contributed by atoms with Gasteiger partial charge in [-0.2, -0.15) is 0 Å². The maximum atomic E-state index is 12.1. The molecule has 0 aromatic rings. The van der Waals surface area contributed by atoms with Gasteiger partial charge >= 0.3 is 0 Å². The fourth-order valence-corrected chi connectivity index (χ4v) is 5.62. The summed E-state index contributed by atoms with van der Waals surface area (Å²) >= 11 is 0. The van der Waals surface area contributed by atoms with E-state index in [4.69, 9.17) is 0 Å². The van der Waals surface area contributed by atoms with Crippen LogP contribution in [0, 0.1) is 0 Å². The normalized spacial score (nSPS) is 11.4. The average Bonchev–Trinajstić information content (AvgIpc) is 2.92. The Morgan fingerprint density at radius 2 is 0.632 bits per heavy atom. The molecular formula is C36H73NO. The summed E-state index contributed by atoms with van der Waals surface area (Å²) in [5, 5.41) is 3.49. The standard InChI is InChI=1S/C36H73NO/c1-3-5-7-9-11-13-15-17-19-20-22-24-26-28-30-32-36(38)33-35-37-34-31-29-27-25-23-21-18-16-14-12-10-8-6-4-2/h37H,3-35H2,1-2H3. The lowest BCUT2D eigenvalue weighted by Gasteiger charge is -2.06. The summed E-state index contributed by atoms with van der Waals surface area (Å²) in [5.74, 6) is 0.466. The quantitative estimate of drug-likeness (QED) is 0.0830. The van der Waals surface area contributed by atoms with E-state index in [0.717, 1.165) is 32.4 Å². The Morgan fingerprint density at radius 1 is 0.342 bits per heavy atom. The Balaban J connectivity index is 3.14. The highest BCUT2D eigenvalue weighted by molar-refractivity contribution is 5.78. The first-order chi connectivity index (χ1) is 18.8. The molecule has 0 radical (unpaired) electrons. The predicted molar refractivity (Wildman–Crippen MR) is 172 cm³/mol. The summed E-state index contributed by atoms with van der Waals surface area (Å²) in [5.41, 5.74) is 0. The number of carbonyl (C=O) groups excluding carboxylic acids is 1. The van der Waals surface area contributed by atoms with Gasteiger partial charge in [0.15, 0.2) is 0 Å². The van der Waals surface area contributed by atoms with Crippen LogP contribution in [0.3, 0.4) is 0 Å². The van der Waals surface area contributed by atoms with E-state index in [1.807, 2.05) is 0 Å². The van der Waals surface area contributed by atoms with Crippen LogP contribution in [0.2, 0.25) is 0 Å². The van der Waals surface area contributed by atoms with Crippen LogP contribution in [0.15, 0.2) is 0 Å². The number of Topliss-reactive ketones (excluding diaryl/α,β-unsaturated/α-hetero) is 1.